The normalized spacial score (nSPS) is 22.0. The molecule has 116 valence electrons. The van der Waals surface area contributed by atoms with Gasteiger partial charge in [-0.05, 0) is 44.6 Å². The summed E-state index contributed by atoms with van der Waals surface area (Å²) in [5.41, 5.74) is 7.99. The van der Waals surface area contributed by atoms with Crippen LogP contribution >= 0.6 is 0 Å². The predicted molar refractivity (Wildman–Crippen MR) is 85.7 cm³/mol. The molecule has 0 bridgehead atoms. The molecule has 0 aromatic heterocycles. The summed E-state index contributed by atoms with van der Waals surface area (Å²) in [6.07, 6.45) is 5.03. The zero-order valence-electron chi connectivity index (χ0n) is 12.9. The van der Waals surface area contributed by atoms with Gasteiger partial charge in [0.05, 0.1) is 4.92 Å². The number of nitrogens with zero attached hydrogens (tertiary/aromatic N) is 2. The summed E-state index contributed by atoms with van der Waals surface area (Å²) < 4.78 is 0. The van der Waals surface area contributed by atoms with Gasteiger partial charge in [-0.2, -0.15) is 0 Å². The highest BCUT2D eigenvalue weighted by molar-refractivity contribution is 5.68. The van der Waals surface area contributed by atoms with Gasteiger partial charge in [-0.1, -0.05) is 19.1 Å². The fourth-order valence-electron chi connectivity index (χ4n) is 3.30. The molecule has 0 aliphatic heterocycles. The quantitative estimate of drug-likeness (QED) is 0.666. The van der Waals surface area contributed by atoms with Crippen molar-refractivity contribution in [2.24, 2.45) is 5.73 Å². The summed E-state index contributed by atoms with van der Waals surface area (Å²) in [4.78, 5) is 13.4. The Morgan fingerprint density at radius 2 is 2.00 bits per heavy atom. The molecule has 0 saturated heterocycles. The molecule has 1 saturated carbocycles. The second kappa shape index (κ2) is 6.89. The molecular formula is C16H25N3O2. The van der Waals surface area contributed by atoms with Crippen LogP contribution in [-0.2, 0) is 0 Å². The van der Waals surface area contributed by atoms with E-state index in [9.17, 15) is 10.1 Å². The number of hydrogen-bond acceptors (Lipinski definition) is 4. The lowest BCUT2D eigenvalue weighted by Gasteiger charge is -2.38. The maximum Gasteiger partial charge on any atom is 0.292 e. The second-order valence-electron chi connectivity index (χ2n) is 5.96. The van der Waals surface area contributed by atoms with Gasteiger partial charge in [0, 0.05) is 24.7 Å². The van der Waals surface area contributed by atoms with E-state index in [2.05, 4.69) is 11.8 Å². The SMILES string of the molecule is CCCN(c1c(C)cccc1[N+](=O)[O-])C1CCC(N)CC1. The number of rotatable bonds is 5. The first kappa shape index (κ1) is 15.8. The molecule has 0 spiro atoms. The molecule has 2 rings (SSSR count). The molecule has 1 aliphatic rings. The van der Waals surface area contributed by atoms with Gasteiger partial charge in [-0.25, -0.2) is 0 Å². The zero-order chi connectivity index (χ0) is 15.4. The average molecular weight is 291 g/mol. The minimum atomic E-state index is -0.264. The number of nitro benzene ring substituents is 1. The summed E-state index contributed by atoms with van der Waals surface area (Å²) in [6.45, 7) is 4.93. The number of nitro groups is 1. The number of para-hydroxylation sites is 1. The second-order valence-corrected chi connectivity index (χ2v) is 5.96. The van der Waals surface area contributed by atoms with Crippen LogP contribution in [0.1, 0.15) is 44.6 Å². The van der Waals surface area contributed by atoms with Gasteiger partial charge < -0.3 is 10.6 Å². The predicted octanol–water partition coefficient (Wildman–Crippen LogP) is 3.39. The van der Waals surface area contributed by atoms with Crippen LogP contribution in [0.3, 0.4) is 0 Å². The van der Waals surface area contributed by atoms with Crippen molar-refractivity contribution in [3.05, 3.63) is 33.9 Å². The Morgan fingerprint density at radius 1 is 1.33 bits per heavy atom. The monoisotopic (exact) mass is 291 g/mol. The highest BCUT2D eigenvalue weighted by Crippen LogP contribution is 2.36. The van der Waals surface area contributed by atoms with Crippen LogP contribution in [0.25, 0.3) is 0 Å². The Balaban J connectivity index is 2.36. The summed E-state index contributed by atoms with van der Waals surface area (Å²) in [5.74, 6) is 0. The molecule has 5 nitrogen and oxygen atoms in total. The minimum absolute atomic E-state index is 0.221. The number of aryl methyl sites for hydroxylation is 1. The van der Waals surface area contributed by atoms with Gasteiger partial charge in [0.15, 0.2) is 0 Å². The Hall–Kier alpha value is -1.62. The average Bonchev–Trinajstić information content (AvgIpc) is 2.46. The molecule has 1 aromatic carbocycles. The van der Waals surface area contributed by atoms with Crippen LogP contribution in [0.15, 0.2) is 18.2 Å². The van der Waals surface area contributed by atoms with E-state index in [1.54, 1.807) is 12.1 Å². The largest absolute Gasteiger partial charge is 0.363 e. The van der Waals surface area contributed by atoms with E-state index in [1.165, 1.54) is 0 Å². The van der Waals surface area contributed by atoms with Crippen molar-refractivity contribution in [2.75, 3.05) is 11.4 Å². The highest BCUT2D eigenvalue weighted by Gasteiger charge is 2.29. The molecule has 1 aromatic rings. The van der Waals surface area contributed by atoms with Crippen LogP contribution in [-0.4, -0.2) is 23.6 Å². The summed E-state index contributed by atoms with van der Waals surface area (Å²) in [7, 11) is 0. The van der Waals surface area contributed by atoms with Gasteiger partial charge in [0.25, 0.3) is 5.69 Å². The lowest BCUT2D eigenvalue weighted by Crippen LogP contribution is -2.42. The van der Waals surface area contributed by atoms with Crippen molar-refractivity contribution in [2.45, 2.75) is 58.0 Å². The summed E-state index contributed by atoms with van der Waals surface area (Å²) in [6, 6.07) is 5.98. The van der Waals surface area contributed by atoms with E-state index >= 15 is 0 Å². The van der Waals surface area contributed by atoms with E-state index in [0.717, 1.165) is 49.9 Å². The third kappa shape index (κ3) is 3.53. The van der Waals surface area contributed by atoms with Gasteiger partial charge in [-0.3, -0.25) is 10.1 Å². The van der Waals surface area contributed by atoms with E-state index < -0.39 is 0 Å². The van der Waals surface area contributed by atoms with E-state index in [-0.39, 0.29) is 16.7 Å². The lowest BCUT2D eigenvalue weighted by molar-refractivity contribution is -0.384. The molecule has 2 N–H and O–H groups in total. The van der Waals surface area contributed by atoms with Crippen LogP contribution in [0, 0.1) is 17.0 Å². The molecule has 5 heteroatoms. The number of anilines is 1. The number of nitrogens with two attached hydrogens (primary N) is 1. The van der Waals surface area contributed by atoms with E-state index in [1.807, 2.05) is 13.0 Å². The molecule has 0 atom stereocenters. The molecule has 0 radical (unpaired) electrons. The van der Waals surface area contributed by atoms with Crippen molar-refractivity contribution in [3.63, 3.8) is 0 Å². The molecule has 0 heterocycles. The highest BCUT2D eigenvalue weighted by atomic mass is 16.6. The maximum atomic E-state index is 11.4. The summed E-state index contributed by atoms with van der Waals surface area (Å²) >= 11 is 0. The number of benzene rings is 1. The smallest absolute Gasteiger partial charge is 0.292 e. The number of hydrogen-bond donors (Lipinski definition) is 1. The van der Waals surface area contributed by atoms with Crippen LogP contribution in [0.2, 0.25) is 0 Å². The first-order valence-electron chi connectivity index (χ1n) is 7.80. The third-order valence-corrected chi connectivity index (χ3v) is 4.35. The van der Waals surface area contributed by atoms with Crippen molar-refractivity contribution < 1.29 is 4.92 Å². The Kier molecular flexibility index (Phi) is 5.17. The molecule has 1 fully saturated rings. The standard InChI is InChI=1S/C16H25N3O2/c1-3-11-18(14-9-7-13(17)8-10-14)16-12(2)5-4-6-15(16)19(20)21/h4-6,13-14H,3,7-11,17H2,1-2H3. The topological polar surface area (TPSA) is 72.4 Å². The van der Waals surface area contributed by atoms with Gasteiger partial charge in [-0.15, -0.1) is 0 Å². The van der Waals surface area contributed by atoms with Crippen LogP contribution in [0.4, 0.5) is 11.4 Å². The van der Waals surface area contributed by atoms with Crippen molar-refractivity contribution >= 4 is 11.4 Å². The van der Waals surface area contributed by atoms with Gasteiger partial charge in [0.1, 0.15) is 5.69 Å². The van der Waals surface area contributed by atoms with Crippen molar-refractivity contribution in [1.29, 1.82) is 0 Å². The van der Waals surface area contributed by atoms with Crippen LogP contribution < -0.4 is 10.6 Å². The Bertz CT molecular complexity index is 496. The third-order valence-electron chi connectivity index (χ3n) is 4.35. The zero-order valence-corrected chi connectivity index (χ0v) is 12.9. The Morgan fingerprint density at radius 3 is 2.57 bits per heavy atom. The van der Waals surface area contributed by atoms with E-state index in [4.69, 9.17) is 5.73 Å². The van der Waals surface area contributed by atoms with Gasteiger partial charge >= 0.3 is 0 Å². The lowest BCUT2D eigenvalue weighted by atomic mass is 9.90. The van der Waals surface area contributed by atoms with E-state index in [0.29, 0.717) is 6.04 Å². The molecule has 1 aliphatic carbocycles. The van der Waals surface area contributed by atoms with Crippen molar-refractivity contribution in [3.8, 4) is 0 Å². The fourth-order valence-corrected chi connectivity index (χ4v) is 3.30. The minimum Gasteiger partial charge on any atom is -0.363 e. The fraction of sp³-hybridized carbons (Fsp3) is 0.625. The molecular weight excluding hydrogens is 266 g/mol. The molecule has 0 amide bonds. The first-order chi connectivity index (χ1) is 10.0. The summed E-state index contributed by atoms with van der Waals surface area (Å²) in [5, 5.41) is 11.4. The molecule has 21 heavy (non-hydrogen) atoms. The van der Waals surface area contributed by atoms with Crippen molar-refractivity contribution in [1.82, 2.24) is 0 Å². The first-order valence-corrected chi connectivity index (χ1v) is 7.80. The van der Waals surface area contributed by atoms with Crippen LogP contribution in [0.5, 0.6) is 0 Å². The maximum absolute atomic E-state index is 11.4. The Labute approximate surface area is 126 Å². The van der Waals surface area contributed by atoms with Gasteiger partial charge in [0.2, 0.25) is 0 Å². The molecule has 0 unspecified atom stereocenters.